The van der Waals surface area contributed by atoms with Crippen LogP contribution < -0.4 is 23.7 Å². The van der Waals surface area contributed by atoms with Gasteiger partial charge in [-0.15, -0.1) is 0 Å². The minimum Gasteiger partial charge on any atom is -0.497 e. The molecular formula is C30H31NO6. The highest BCUT2D eigenvalue weighted by molar-refractivity contribution is 6.01. The zero-order chi connectivity index (χ0) is 26.4. The Morgan fingerprint density at radius 1 is 0.730 bits per heavy atom. The molecule has 7 heteroatoms. The second-order valence-corrected chi connectivity index (χ2v) is 8.35. The summed E-state index contributed by atoms with van der Waals surface area (Å²) in [5, 5.41) is 0. The number of rotatable bonds is 8. The fraction of sp³-hybridized carbons (Fsp3) is 0.233. The summed E-state index contributed by atoms with van der Waals surface area (Å²) in [6.45, 7) is 0.521. The molecule has 0 radical (unpaired) electrons. The molecule has 3 aromatic rings. The van der Waals surface area contributed by atoms with Crippen molar-refractivity contribution in [2.45, 2.75) is 6.42 Å². The fourth-order valence-electron chi connectivity index (χ4n) is 4.32. The van der Waals surface area contributed by atoms with E-state index in [0.29, 0.717) is 36.0 Å². The lowest BCUT2D eigenvalue weighted by atomic mass is 9.94. The van der Waals surface area contributed by atoms with Crippen LogP contribution in [0.15, 0.2) is 60.7 Å². The molecule has 0 unspecified atom stereocenters. The Bertz CT molecular complexity index is 1330. The summed E-state index contributed by atoms with van der Waals surface area (Å²) >= 11 is 0. The molecule has 0 saturated carbocycles. The molecule has 0 atom stereocenters. The van der Waals surface area contributed by atoms with Gasteiger partial charge in [-0.25, -0.2) is 0 Å². The predicted molar refractivity (Wildman–Crippen MR) is 144 cm³/mol. The van der Waals surface area contributed by atoms with Gasteiger partial charge in [0, 0.05) is 18.2 Å². The normalized spacial score (nSPS) is 13.9. The molecule has 1 heterocycles. The zero-order valence-electron chi connectivity index (χ0n) is 21.7. The van der Waals surface area contributed by atoms with E-state index in [2.05, 4.69) is 0 Å². The summed E-state index contributed by atoms with van der Waals surface area (Å²) in [6, 6.07) is 17.1. The van der Waals surface area contributed by atoms with Gasteiger partial charge in [-0.05, 0) is 71.7 Å². The summed E-state index contributed by atoms with van der Waals surface area (Å²) in [5.74, 6) is 3.14. The highest BCUT2D eigenvalue weighted by Gasteiger charge is 2.27. The summed E-state index contributed by atoms with van der Waals surface area (Å²) in [6.07, 6.45) is 6.06. The molecule has 0 aliphatic carbocycles. The molecule has 192 valence electrons. The maximum atomic E-state index is 13.5. The van der Waals surface area contributed by atoms with Gasteiger partial charge in [0.2, 0.25) is 0 Å². The van der Waals surface area contributed by atoms with E-state index in [-0.39, 0.29) is 5.91 Å². The van der Waals surface area contributed by atoms with E-state index in [1.165, 1.54) is 0 Å². The Morgan fingerprint density at radius 3 is 2.00 bits per heavy atom. The van der Waals surface area contributed by atoms with Crippen molar-refractivity contribution in [2.24, 2.45) is 0 Å². The van der Waals surface area contributed by atoms with E-state index in [1.54, 1.807) is 52.6 Å². The van der Waals surface area contributed by atoms with Gasteiger partial charge in [-0.2, -0.15) is 0 Å². The van der Waals surface area contributed by atoms with Crippen LogP contribution in [0.1, 0.15) is 22.3 Å². The molecule has 0 saturated heterocycles. The molecule has 1 aliphatic rings. The SMILES string of the molecule is COc1ccc(/C=C/C(=O)N2CCc3cc(OC)c(OC)cc3/C2=C/c2ccc(OC)c(OC)c2)cc1. The average Bonchev–Trinajstić information content (AvgIpc) is 2.95. The first-order valence-corrected chi connectivity index (χ1v) is 11.8. The maximum absolute atomic E-state index is 13.5. The van der Waals surface area contributed by atoms with E-state index in [9.17, 15) is 4.79 Å². The quantitative estimate of drug-likeness (QED) is 0.389. The number of ether oxygens (including phenoxy) is 5. The van der Waals surface area contributed by atoms with Crippen molar-refractivity contribution in [1.29, 1.82) is 0 Å². The fourth-order valence-corrected chi connectivity index (χ4v) is 4.32. The Balaban J connectivity index is 1.76. The van der Waals surface area contributed by atoms with Crippen molar-refractivity contribution in [3.63, 3.8) is 0 Å². The van der Waals surface area contributed by atoms with Crippen molar-refractivity contribution < 1.29 is 28.5 Å². The van der Waals surface area contributed by atoms with Crippen LogP contribution in [0.5, 0.6) is 28.7 Å². The number of amides is 1. The van der Waals surface area contributed by atoms with E-state index < -0.39 is 0 Å². The average molecular weight is 502 g/mol. The van der Waals surface area contributed by atoms with Crippen LogP contribution in [-0.2, 0) is 11.2 Å². The van der Waals surface area contributed by atoms with E-state index in [4.69, 9.17) is 23.7 Å². The largest absolute Gasteiger partial charge is 0.497 e. The first kappa shape index (κ1) is 25.7. The van der Waals surface area contributed by atoms with E-state index in [0.717, 1.165) is 33.7 Å². The molecular weight excluding hydrogens is 470 g/mol. The topological polar surface area (TPSA) is 66.5 Å². The van der Waals surface area contributed by atoms with Crippen LogP contribution in [0.25, 0.3) is 17.8 Å². The van der Waals surface area contributed by atoms with Crippen LogP contribution in [0.2, 0.25) is 0 Å². The molecule has 0 spiro atoms. The van der Waals surface area contributed by atoms with Crippen molar-refractivity contribution in [2.75, 3.05) is 42.1 Å². The number of methoxy groups -OCH3 is 5. The molecule has 7 nitrogen and oxygen atoms in total. The Labute approximate surface area is 217 Å². The van der Waals surface area contributed by atoms with Crippen LogP contribution in [0.4, 0.5) is 0 Å². The first-order chi connectivity index (χ1) is 18.0. The Hall–Kier alpha value is -4.39. The lowest BCUT2D eigenvalue weighted by Crippen LogP contribution is -2.33. The maximum Gasteiger partial charge on any atom is 0.251 e. The zero-order valence-corrected chi connectivity index (χ0v) is 21.7. The van der Waals surface area contributed by atoms with Gasteiger partial charge in [-0.1, -0.05) is 18.2 Å². The Morgan fingerprint density at radius 2 is 1.35 bits per heavy atom. The number of carbonyl (C=O) groups excluding carboxylic acids is 1. The summed E-state index contributed by atoms with van der Waals surface area (Å²) in [5.41, 5.74) is 4.52. The van der Waals surface area contributed by atoms with Crippen LogP contribution in [0.3, 0.4) is 0 Å². The molecule has 1 amide bonds. The van der Waals surface area contributed by atoms with Crippen LogP contribution in [-0.4, -0.2) is 52.9 Å². The number of hydrogen-bond donors (Lipinski definition) is 0. The van der Waals surface area contributed by atoms with Gasteiger partial charge in [0.1, 0.15) is 5.75 Å². The van der Waals surface area contributed by atoms with Crippen molar-refractivity contribution in [1.82, 2.24) is 4.90 Å². The van der Waals surface area contributed by atoms with Crippen molar-refractivity contribution in [3.05, 3.63) is 82.9 Å². The number of benzene rings is 3. The summed E-state index contributed by atoms with van der Waals surface area (Å²) in [4.78, 5) is 15.3. The monoisotopic (exact) mass is 501 g/mol. The smallest absolute Gasteiger partial charge is 0.251 e. The lowest BCUT2D eigenvalue weighted by Gasteiger charge is -2.32. The molecule has 4 rings (SSSR count). The van der Waals surface area contributed by atoms with Gasteiger partial charge in [0.05, 0.1) is 41.2 Å². The van der Waals surface area contributed by atoms with Crippen molar-refractivity contribution in [3.8, 4) is 28.7 Å². The molecule has 0 fully saturated rings. The third kappa shape index (κ3) is 5.56. The third-order valence-corrected chi connectivity index (χ3v) is 6.29. The molecule has 0 bridgehead atoms. The number of fused-ring (bicyclic) bond motifs is 1. The number of carbonyl (C=O) groups is 1. The Kier molecular flexibility index (Phi) is 8.03. The third-order valence-electron chi connectivity index (χ3n) is 6.29. The van der Waals surface area contributed by atoms with E-state index in [1.807, 2.05) is 60.7 Å². The van der Waals surface area contributed by atoms with Gasteiger partial charge in [-0.3, -0.25) is 4.79 Å². The second-order valence-electron chi connectivity index (χ2n) is 8.35. The number of hydrogen-bond acceptors (Lipinski definition) is 6. The molecule has 3 aromatic carbocycles. The minimum absolute atomic E-state index is 0.122. The van der Waals surface area contributed by atoms with Gasteiger partial charge < -0.3 is 28.6 Å². The molecule has 0 N–H and O–H groups in total. The second kappa shape index (κ2) is 11.6. The first-order valence-electron chi connectivity index (χ1n) is 11.8. The summed E-state index contributed by atoms with van der Waals surface area (Å²) in [7, 11) is 8.04. The molecule has 0 aromatic heterocycles. The van der Waals surface area contributed by atoms with Gasteiger partial charge in [0.15, 0.2) is 23.0 Å². The minimum atomic E-state index is -0.122. The highest BCUT2D eigenvalue weighted by Crippen LogP contribution is 2.39. The van der Waals surface area contributed by atoms with Crippen LogP contribution in [0, 0.1) is 0 Å². The van der Waals surface area contributed by atoms with Gasteiger partial charge >= 0.3 is 0 Å². The summed E-state index contributed by atoms with van der Waals surface area (Å²) < 4.78 is 27.2. The van der Waals surface area contributed by atoms with E-state index >= 15 is 0 Å². The standard InChI is InChI=1S/C30H31NO6/c1-33-23-10-6-20(7-11-23)9-13-30(32)31-15-14-22-18-28(36-4)29(37-5)19-24(22)25(31)16-21-8-12-26(34-2)27(17-21)35-3/h6-13,16-19H,14-15H2,1-5H3/b13-9+,25-16-. The van der Waals surface area contributed by atoms with Crippen molar-refractivity contribution >= 4 is 23.8 Å². The molecule has 1 aliphatic heterocycles. The number of nitrogens with zero attached hydrogens (tertiary/aromatic N) is 1. The highest BCUT2D eigenvalue weighted by atomic mass is 16.5. The molecule has 37 heavy (non-hydrogen) atoms. The van der Waals surface area contributed by atoms with Gasteiger partial charge in [0.25, 0.3) is 5.91 Å². The lowest BCUT2D eigenvalue weighted by molar-refractivity contribution is -0.123. The van der Waals surface area contributed by atoms with Crippen LogP contribution >= 0.6 is 0 Å². The predicted octanol–water partition coefficient (Wildman–Crippen LogP) is 5.33.